The van der Waals surface area contributed by atoms with Crippen molar-refractivity contribution in [2.45, 2.75) is 37.0 Å². The molecule has 2 atom stereocenters. The maximum absolute atomic E-state index is 12.4. The molecule has 0 spiro atoms. The molecule has 2 rings (SSSR count). The average molecular weight is 277 g/mol. The Morgan fingerprint density at radius 3 is 2.44 bits per heavy atom. The van der Waals surface area contributed by atoms with Crippen LogP contribution in [-0.2, 0) is 19.6 Å². The van der Waals surface area contributed by atoms with E-state index in [0.717, 1.165) is 12.8 Å². The molecule has 2 unspecified atom stereocenters. The van der Waals surface area contributed by atoms with Crippen LogP contribution in [0.2, 0.25) is 0 Å². The Labute approximate surface area is 107 Å². The number of likely N-dealkylation sites (N-methyl/N-ethyl adjacent to an activating group) is 1. The molecule has 0 radical (unpaired) electrons. The summed E-state index contributed by atoms with van der Waals surface area (Å²) in [5.74, 6) is -1.75. The first kappa shape index (κ1) is 13.8. The van der Waals surface area contributed by atoms with Crippen LogP contribution < -0.4 is 0 Å². The van der Waals surface area contributed by atoms with Gasteiger partial charge in [0, 0.05) is 7.05 Å². The molecular formula is C11H19NO5S. The second-order valence-corrected chi connectivity index (χ2v) is 7.29. The van der Waals surface area contributed by atoms with Gasteiger partial charge in [0.1, 0.15) is 0 Å². The van der Waals surface area contributed by atoms with Crippen molar-refractivity contribution in [3.05, 3.63) is 0 Å². The molecule has 1 saturated carbocycles. The number of hydrogen-bond donors (Lipinski definition) is 1. The lowest BCUT2D eigenvalue weighted by Crippen LogP contribution is -2.47. The van der Waals surface area contributed by atoms with Gasteiger partial charge in [-0.15, -0.1) is 0 Å². The zero-order valence-electron chi connectivity index (χ0n) is 10.4. The number of hydrogen-bond acceptors (Lipinski definition) is 4. The fourth-order valence-corrected chi connectivity index (χ4v) is 4.73. The number of sulfonamides is 1. The highest BCUT2D eigenvalue weighted by atomic mass is 32.2. The summed E-state index contributed by atoms with van der Waals surface area (Å²) in [4.78, 5) is 11.1. The van der Waals surface area contributed by atoms with E-state index < -0.39 is 28.0 Å². The summed E-state index contributed by atoms with van der Waals surface area (Å²) >= 11 is 0. The van der Waals surface area contributed by atoms with Crippen molar-refractivity contribution in [1.29, 1.82) is 0 Å². The normalized spacial score (nSPS) is 30.1. The summed E-state index contributed by atoms with van der Waals surface area (Å²) in [5.41, 5.74) is 0. The van der Waals surface area contributed by atoms with Crippen molar-refractivity contribution in [3.63, 3.8) is 0 Å². The van der Waals surface area contributed by atoms with E-state index in [1.165, 1.54) is 11.4 Å². The lowest BCUT2D eigenvalue weighted by Gasteiger charge is -2.28. The number of nitrogens with zero attached hydrogens (tertiary/aromatic N) is 1. The highest BCUT2D eigenvalue weighted by molar-refractivity contribution is 7.89. The minimum Gasteiger partial charge on any atom is -0.481 e. The number of rotatable bonds is 4. The quantitative estimate of drug-likeness (QED) is 0.798. The van der Waals surface area contributed by atoms with Crippen LogP contribution in [0.4, 0.5) is 0 Å². The molecule has 1 heterocycles. The molecule has 0 aromatic rings. The first-order valence-electron chi connectivity index (χ1n) is 6.22. The molecule has 0 bridgehead atoms. The Balaban J connectivity index is 2.14. The molecule has 0 aromatic heterocycles. The molecule has 1 aliphatic carbocycles. The van der Waals surface area contributed by atoms with E-state index in [-0.39, 0.29) is 18.5 Å². The summed E-state index contributed by atoms with van der Waals surface area (Å²) in [6, 6.07) is -0.576. The second kappa shape index (κ2) is 5.14. The first-order chi connectivity index (χ1) is 8.44. The fraction of sp³-hybridized carbons (Fsp3) is 0.909. The molecular weight excluding hydrogens is 258 g/mol. The van der Waals surface area contributed by atoms with Gasteiger partial charge < -0.3 is 9.84 Å². The molecule has 18 heavy (non-hydrogen) atoms. The minimum atomic E-state index is -3.40. The van der Waals surface area contributed by atoms with E-state index in [0.29, 0.717) is 12.8 Å². The topological polar surface area (TPSA) is 83.9 Å². The van der Waals surface area contributed by atoms with E-state index in [4.69, 9.17) is 9.84 Å². The van der Waals surface area contributed by atoms with Gasteiger partial charge in [0.05, 0.1) is 30.4 Å². The van der Waals surface area contributed by atoms with Gasteiger partial charge in [-0.1, -0.05) is 12.8 Å². The summed E-state index contributed by atoms with van der Waals surface area (Å²) in [6.45, 7) is 0.254. The third-order valence-electron chi connectivity index (χ3n) is 3.96. The van der Waals surface area contributed by atoms with Crippen LogP contribution in [0, 0.1) is 5.92 Å². The maximum atomic E-state index is 12.4. The van der Waals surface area contributed by atoms with Crippen LogP contribution in [0.3, 0.4) is 0 Å². The van der Waals surface area contributed by atoms with E-state index in [1.807, 2.05) is 0 Å². The van der Waals surface area contributed by atoms with Crippen molar-refractivity contribution in [1.82, 2.24) is 4.31 Å². The zero-order valence-corrected chi connectivity index (χ0v) is 11.2. The Bertz CT molecular complexity index is 415. The molecule has 2 aliphatic rings. The second-order valence-electron chi connectivity index (χ2n) is 5.02. The Morgan fingerprint density at radius 1 is 1.28 bits per heavy atom. The van der Waals surface area contributed by atoms with Gasteiger partial charge in [-0.2, -0.15) is 4.31 Å². The highest BCUT2D eigenvalue weighted by Crippen LogP contribution is 2.30. The highest BCUT2D eigenvalue weighted by Gasteiger charge is 2.43. The lowest BCUT2D eigenvalue weighted by molar-refractivity contribution is -0.142. The Hall–Kier alpha value is -0.660. The number of ether oxygens (including phenoxy) is 1. The molecule has 104 valence electrons. The predicted octanol–water partition coefficient (Wildman–Crippen LogP) is 0.290. The number of carboxylic acids is 1. The van der Waals surface area contributed by atoms with Gasteiger partial charge in [0.2, 0.25) is 10.0 Å². The largest absolute Gasteiger partial charge is 0.481 e. The molecule has 7 heteroatoms. The monoisotopic (exact) mass is 277 g/mol. The predicted molar refractivity (Wildman–Crippen MR) is 64.7 cm³/mol. The smallest absolute Gasteiger partial charge is 0.310 e. The van der Waals surface area contributed by atoms with E-state index in [9.17, 15) is 13.2 Å². The van der Waals surface area contributed by atoms with Gasteiger partial charge >= 0.3 is 5.97 Å². The van der Waals surface area contributed by atoms with Gasteiger partial charge in [-0.05, 0) is 12.8 Å². The van der Waals surface area contributed by atoms with E-state index in [2.05, 4.69) is 0 Å². The number of carboxylic acid groups (broad SMARTS) is 1. The van der Waals surface area contributed by atoms with Crippen molar-refractivity contribution >= 4 is 16.0 Å². The molecule has 0 amide bonds. The van der Waals surface area contributed by atoms with Crippen LogP contribution in [0.5, 0.6) is 0 Å². The Kier molecular flexibility index (Phi) is 3.93. The summed E-state index contributed by atoms with van der Waals surface area (Å²) in [7, 11) is -1.92. The van der Waals surface area contributed by atoms with Gasteiger partial charge in [0.15, 0.2) is 0 Å². The number of carbonyl (C=O) groups is 1. The van der Waals surface area contributed by atoms with Crippen molar-refractivity contribution < 1.29 is 23.1 Å². The zero-order chi connectivity index (χ0) is 13.3. The van der Waals surface area contributed by atoms with E-state index >= 15 is 0 Å². The van der Waals surface area contributed by atoms with Gasteiger partial charge in [-0.25, -0.2) is 8.42 Å². The molecule has 0 aromatic carbocycles. The van der Waals surface area contributed by atoms with Crippen LogP contribution >= 0.6 is 0 Å². The Morgan fingerprint density at radius 2 is 1.89 bits per heavy atom. The van der Waals surface area contributed by atoms with Gasteiger partial charge in [0.25, 0.3) is 0 Å². The van der Waals surface area contributed by atoms with Gasteiger partial charge in [-0.3, -0.25) is 4.79 Å². The summed E-state index contributed by atoms with van der Waals surface area (Å²) in [6.07, 6.45) is 3.22. The van der Waals surface area contributed by atoms with Crippen LogP contribution in [0.15, 0.2) is 0 Å². The van der Waals surface area contributed by atoms with Crippen molar-refractivity contribution in [2.24, 2.45) is 5.92 Å². The molecule has 1 aliphatic heterocycles. The lowest BCUT2D eigenvalue weighted by atomic mass is 10.1. The average Bonchev–Trinajstić information content (AvgIpc) is 2.98. The SMILES string of the molecule is CN(C1COCC1C(=O)O)S(=O)(=O)C1CCCC1. The third-order valence-corrected chi connectivity index (χ3v) is 6.35. The van der Waals surface area contributed by atoms with Crippen LogP contribution in [-0.4, -0.2) is 55.4 Å². The molecule has 1 saturated heterocycles. The molecule has 2 fully saturated rings. The number of aliphatic carboxylic acids is 1. The van der Waals surface area contributed by atoms with Crippen LogP contribution in [0.1, 0.15) is 25.7 Å². The molecule has 6 nitrogen and oxygen atoms in total. The minimum absolute atomic E-state index is 0.0878. The first-order valence-corrected chi connectivity index (χ1v) is 7.72. The molecule has 1 N–H and O–H groups in total. The van der Waals surface area contributed by atoms with Crippen molar-refractivity contribution in [3.8, 4) is 0 Å². The van der Waals surface area contributed by atoms with E-state index in [1.54, 1.807) is 0 Å². The van der Waals surface area contributed by atoms with Crippen LogP contribution in [0.25, 0.3) is 0 Å². The summed E-state index contributed by atoms with van der Waals surface area (Å²) in [5, 5.41) is 8.71. The van der Waals surface area contributed by atoms with Crippen molar-refractivity contribution in [2.75, 3.05) is 20.3 Å². The standard InChI is InChI=1S/C11H19NO5S/c1-12(10-7-17-6-9(10)11(13)14)18(15,16)8-4-2-3-5-8/h8-10H,2-7H2,1H3,(H,13,14). The fourth-order valence-electron chi connectivity index (χ4n) is 2.75. The maximum Gasteiger partial charge on any atom is 0.310 e. The third kappa shape index (κ3) is 2.39. The summed E-state index contributed by atoms with van der Waals surface area (Å²) < 4.78 is 31.1.